The number of carbonyl (C=O) groups excluding carboxylic acids is 1. The molecule has 0 heterocycles. The molecule has 0 bridgehead atoms. The van der Waals surface area contributed by atoms with Gasteiger partial charge in [-0.2, -0.15) is 0 Å². The molecular weight excluding hydrogens is 270 g/mol. The summed E-state index contributed by atoms with van der Waals surface area (Å²) in [6.45, 7) is 11.2. The van der Waals surface area contributed by atoms with E-state index in [2.05, 4.69) is 38.7 Å². The van der Waals surface area contributed by atoms with Crippen LogP contribution in [-0.4, -0.2) is 23.9 Å². The molecule has 3 aliphatic rings. The lowest BCUT2D eigenvalue weighted by molar-refractivity contribution is -0.133. The monoisotopic (exact) mass is 303 g/mol. The van der Waals surface area contributed by atoms with Gasteiger partial charge in [0.05, 0.1) is 0 Å². The normalized spacial score (nSPS) is 34.5. The summed E-state index contributed by atoms with van der Waals surface area (Å²) in [6.07, 6.45) is 9.94. The van der Waals surface area contributed by atoms with Crippen LogP contribution in [0.4, 0.5) is 0 Å². The summed E-state index contributed by atoms with van der Waals surface area (Å²) >= 11 is 0. The third-order valence-electron chi connectivity index (χ3n) is 6.29. The summed E-state index contributed by atoms with van der Waals surface area (Å²) in [4.78, 5) is 14.8. The van der Waals surface area contributed by atoms with Gasteiger partial charge in [0.25, 0.3) is 0 Å². The average Bonchev–Trinajstić information content (AvgIpc) is 3.35. The quantitative estimate of drug-likeness (QED) is 0.654. The Morgan fingerprint density at radius 3 is 2.64 bits per heavy atom. The van der Waals surface area contributed by atoms with Crippen molar-refractivity contribution in [3.63, 3.8) is 0 Å². The van der Waals surface area contributed by atoms with Gasteiger partial charge in [0, 0.05) is 19.0 Å². The molecule has 0 aliphatic heterocycles. The van der Waals surface area contributed by atoms with Gasteiger partial charge in [-0.3, -0.25) is 4.79 Å². The third kappa shape index (κ3) is 3.41. The van der Waals surface area contributed by atoms with E-state index >= 15 is 0 Å². The van der Waals surface area contributed by atoms with E-state index in [-0.39, 0.29) is 0 Å². The molecule has 2 saturated carbocycles. The van der Waals surface area contributed by atoms with Gasteiger partial charge in [0.15, 0.2) is 0 Å². The molecule has 124 valence electrons. The van der Waals surface area contributed by atoms with Gasteiger partial charge in [-0.1, -0.05) is 32.4 Å². The standard InChI is InChI=1S/C20H33NO/c1-14(2)12-21(19(22)16-7-8-16)13-18-11-20(18,4)17-9-5-15(3)6-10-17/h5,14,16-18H,6-13H2,1-4H3. The molecular formula is C20H33NO. The minimum absolute atomic E-state index is 0.365. The van der Waals surface area contributed by atoms with Crippen molar-refractivity contribution in [2.45, 2.75) is 66.2 Å². The van der Waals surface area contributed by atoms with Crippen LogP contribution in [-0.2, 0) is 4.79 Å². The van der Waals surface area contributed by atoms with Crippen molar-refractivity contribution >= 4 is 5.91 Å². The molecule has 0 aromatic rings. The zero-order chi connectivity index (χ0) is 15.9. The second-order valence-electron chi connectivity index (χ2n) is 8.84. The van der Waals surface area contributed by atoms with Crippen molar-refractivity contribution in [2.24, 2.45) is 29.1 Å². The fourth-order valence-corrected chi connectivity index (χ4v) is 4.36. The lowest BCUT2D eigenvalue weighted by atomic mass is 9.78. The van der Waals surface area contributed by atoms with E-state index < -0.39 is 0 Å². The molecule has 0 aromatic heterocycles. The minimum Gasteiger partial charge on any atom is -0.342 e. The van der Waals surface area contributed by atoms with Crippen LogP contribution >= 0.6 is 0 Å². The molecule has 2 fully saturated rings. The van der Waals surface area contributed by atoms with Crippen molar-refractivity contribution in [1.82, 2.24) is 4.90 Å². The fraction of sp³-hybridized carbons (Fsp3) is 0.850. The number of rotatable bonds is 6. The molecule has 2 nitrogen and oxygen atoms in total. The highest BCUT2D eigenvalue weighted by Crippen LogP contribution is 2.61. The number of nitrogens with zero attached hydrogens (tertiary/aromatic N) is 1. The number of allylic oxidation sites excluding steroid dienone is 2. The van der Waals surface area contributed by atoms with E-state index in [1.807, 2.05) is 0 Å². The smallest absolute Gasteiger partial charge is 0.225 e. The topological polar surface area (TPSA) is 20.3 Å². The van der Waals surface area contributed by atoms with Gasteiger partial charge in [-0.15, -0.1) is 0 Å². The number of hydrogen-bond donors (Lipinski definition) is 0. The largest absolute Gasteiger partial charge is 0.342 e. The summed E-state index contributed by atoms with van der Waals surface area (Å²) in [5, 5.41) is 0. The van der Waals surface area contributed by atoms with E-state index in [0.29, 0.717) is 23.2 Å². The van der Waals surface area contributed by atoms with Gasteiger partial charge < -0.3 is 4.90 Å². The highest BCUT2D eigenvalue weighted by molar-refractivity contribution is 5.81. The van der Waals surface area contributed by atoms with Gasteiger partial charge in [0.2, 0.25) is 5.91 Å². The van der Waals surface area contributed by atoms with E-state index in [0.717, 1.165) is 37.8 Å². The minimum atomic E-state index is 0.365. The highest BCUT2D eigenvalue weighted by atomic mass is 16.2. The first-order valence-corrected chi connectivity index (χ1v) is 9.34. The summed E-state index contributed by atoms with van der Waals surface area (Å²) in [5.41, 5.74) is 2.07. The first kappa shape index (κ1) is 16.1. The average molecular weight is 303 g/mol. The van der Waals surface area contributed by atoms with Gasteiger partial charge in [0.1, 0.15) is 0 Å². The molecule has 22 heavy (non-hydrogen) atoms. The number of carbonyl (C=O) groups is 1. The predicted octanol–water partition coefficient (Wildman–Crippen LogP) is 4.65. The molecule has 0 spiro atoms. The molecule has 1 amide bonds. The van der Waals surface area contributed by atoms with Crippen LogP contribution in [0.2, 0.25) is 0 Å². The molecule has 2 heteroatoms. The zero-order valence-corrected chi connectivity index (χ0v) is 14.9. The Morgan fingerprint density at radius 1 is 1.36 bits per heavy atom. The second-order valence-corrected chi connectivity index (χ2v) is 8.84. The van der Waals surface area contributed by atoms with Crippen LogP contribution in [0.25, 0.3) is 0 Å². The van der Waals surface area contributed by atoms with E-state index in [1.165, 1.54) is 25.7 Å². The molecule has 0 radical (unpaired) electrons. The molecule has 0 saturated heterocycles. The SMILES string of the molecule is CC1=CCC(C2(C)CC2CN(CC(C)C)C(=O)C2CC2)CC1. The van der Waals surface area contributed by atoms with Crippen LogP contribution in [0.1, 0.15) is 66.2 Å². The van der Waals surface area contributed by atoms with Crippen molar-refractivity contribution in [3.05, 3.63) is 11.6 Å². The lowest BCUT2D eigenvalue weighted by Crippen LogP contribution is -2.38. The molecule has 3 rings (SSSR count). The lowest BCUT2D eigenvalue weighted by Gasteiger charge is -2.30. The maximum absolute atomic E-state index is 12.6. The van der Waals surface area contributed by atoms with Crippen LogP contribution < -0.4 is 0 Å². The van der Waals surface area contributed by atoms with Gasteiger partial charge in [-0.05, 0) is 68.6 Å². The van der Waals surface area contributed by atoms with Crippen molar-refractivity contribution in [2.75, 3.05) is 13.1 Å². The van der Waals surface area contributed by atoms with E-state index in [9.17, 15) is 4.79 Å². The van der Waals surface area contributed by atoms with Crippen LogP contribution in [0, 0.1) is 29.1 Å². The first-order valence-electron chi connectivity index (χ1n) is 9.34. The number of hydrogen-bond acceptors (Lipinski definition) is 1. The fourth-order valence-electron chi connectivity index (χ4n) is 4.36. The molecule has 3 unspecified atom stereocenters. The zero-order valence-electron chi connectivity index (χ0n) is 14.9. The van der Waals surface area contributed by atoms with Gasteiger partial charge >= 0.3 is 0 Å². The number of amides is 1. The summed E-state index contributed by atoms with van der Waals surface area (Å²) in [6, 6.07) is 0. The highest BCUT2D eigenvalue weighted by Gasteiger charge is 2.55. The van der Waals surface area contributed by atoms with Crippen LogP contribution in [0.5, 0.6) is 0 Å². The van der Waals surface area contributed by atoms with E-state index in [4.69, 9.17) is 0 Å². The molecule has 3 atom stereocenters. The first-order chi connectivity index (χ1) is 10.4. The summed E-state index contributed by atoms with van der Waals surface area (Å²) < 4.78 is 0. The summed E-state index contributed by atoms with van der Waals surface area (Å²) in [5.74, 6) is 2.98. The molecule has 0 N–H and O–H groups in total. The Hall–Kier alpha value is -0.790. The Labute approximate surface area is 136 Å². The Balaban J connectivity index is 1.58. The predicted molar refractivity (Wildman–Crippen MR) is 91.5 cm³/mol. The molecule has 0 aromatic carbocycles. The van der Waals surface area contributed by atoms with Crippen LogP contribution in [0.3, 0.4) is 0 Å². The third-order valence-corrected chi connectivity index (χ3v) is 6.29. The van der Waals surface area contributed by atoms with Crippen molar-refractivity contribution in [1.29, 1.82) is 0 Å². The molecule has 3 aliphatic carbocycles. The Kier molecular flexibility index (Phi) is 4.40. The maximum Gasteiger partial charge on any atom is 0.225 e. The Bertz CT molecular complexity index is 462. The van der Waals surface area contributed by atoms with E-state index in [1.54, 1.807) is 5.57 Å². The van der Waals surface area contributed by atoms with Crippen molar-refractivity contribution < 1.29 is 4.79 Å². The maximum atomic E-state index is 12.6. The second kappa shape index (κ2) is 6.02. The van der Waals surface area contributed by atoms with Crippen molar-refractivity contribution in [3.8, 4) is 0 Å². The van der Waals surface area contributed by atoms with Gasteiger partial charge in [-0.25, -0.2) is 0 Å². The Morgan fingerprint density at radius 2 is 2.09 bits per heavy atom. The van der Waals surface area contributed by atoms with Crippen LogP contribution in [0.15, 0.2) is 11.6 Å². The summed E-state index contributed by atoms with van der Waals surface area (Å²) in [7, 11) is 0.